The van der Waals surface area contributed by atoms with Crippen molar-refractivity contribution in [3.63, 3.8) is 0 Å². The number of aryl methyl sites for hydroxylation is 1. The Bertz CT molecular complexity index is 991. The fourth-order valence-electron chi connectivity index (χ4n) is 2.79. The van der Waals surface area contributed by atoms with Gasteiger partial charge in [0.05, 0.1) is 17.3 Å². The van der Waals surface area contributed by atoms with Gasteiger partial charge >= 0.3 is 6.03 Å². The number of rotatable bonds is 5. The number of hydrogen-bond acceptors (Lipinski definition) is 5. The van der Waals surface area contributed by atoms with Crippen LogP contribution < -0.4 is 20.5 Å². The van der Waals surface area contributed by atoms with E-state index in [1.54, 1.807) is 12.4 Å². The van der Waals surface area contributed by atoms with Crippen molar-refractivity contribution in [2.24, 2.45) is 5.92 Å². The lowest BCUT2D eigenvalue weighted by Crippen LogP contribution is -2.52. The maximum Gasteiger partial charge on any atom is 0.347 e. The van der Waals surface area contributed by atoms with E-state index in [-0.39, 0.29) is 0 Å². The second-order valence-electron chi connectivity index (χ2n) is 6.66. The van der Waals surface area contributed by atoms with Crippen LogP contribution in [0, 0.1) is 16.4 Å². The van der Waals surface area contributed by atoms with Gasteiger partial charge in [0.1, 0.15) is 0 Å². The van der Waals surface area contributed by atoms with Gasteiger partial charge in [-0.1, -0.05) is 0 Å². The Hall–Kier alpha value is -1.72. The van der Waals surface area contributed by atoms with Crippen LogP contribution in [-0.2, 0) is 4.84 Å². The number of benzene rings is 1. The molecule has 1 aromatic carbocycles. The summed E-state index contributed by atoms with van der Waals surface area (Å²) in [6.45, 7) is 2.42. The molecule has 2 heterocycles. The molecule has 1 unspecified atom stereocenters. The third-order valence-corrected chi connectivity index (χ3v) is 6.00. The fraction of sp³-hybridized carbons (Fsp3) is 0.333. The van der Waals surface area contributed by atoms with Crippen LogP contribution in [-0.4, -0.2) is 28.1 Å². The van der Waals surface area contributed by atoms with Gasteiger partial charge in [-0.05, 0) is 83.6 Å². The van der Waals surface area contributed by atoms with Crippen molar-refractivity contribution in [3.8, 4) is 0 Å². The van der Waals surface area contributed by atoms with Crippen molar-refractivity contribution >= 4 is 57.9 Å². The Kier molecular flexibility index (Phi) is 5.33. The smallest absolute Gasteiger partial charge is 0.347 e. The molecular formula is C18H18FIN4O2S. The molecule has 0 radical (unpaired) electrons. The predicted molar refractivity (Wildman–Crippen MR) is 111 cm³/mol. The van der Waals surface area contributed by atoms with Crippen molar-refractivity contribution in [2.75, 3.05) is 11.9 Å². The molecule has 0 saturated heterocycles. The van der Waals surface area contributed by atoms with Crippen LogP contribution in [0.3, 0.4) is 0 Å². The van der Waals surface area contributed by atoms with Crippen LogP contribution in [0.5, 0.6) is 0 Å². The monoisotopic (exact) mass is 500 g/mol. The lowest BCUT2D eigenvalue weighted by molar-refractivity contribution is 0.0456. The van der Waals surface area contributed by atoms with Crippen molar-refractivity contribution in [3.05, 3.63) is 43.3 Å². The van der Waals surface area contributed by atoms with Gasteiger partial charge in [-0.2, -0.15) is 4.37 Å². The predicted octanol–water partition coefficient (Wildman–Crippen LogP) is 2.68. The zero-order valence-corrected chi connectivity index (χ0v) is 17.5. The fourth-order valence-corrected chi connectivity index (χ4v) is 4.12. The number of nitrogens with zero attached hydrogens (tertiary/aromatic N) is 2. The minimum Gasteiger partial charge on any atom is -0.359 e. The van der Waals surface area contributed by atoms with E-state index in [1.807, 2.05) is 25.1 Å². The van der Waals surface area contributed by atoms with Gasteiger partial charge in [-0.3, -0.25) is 9.74 Å². The van der Waals surface area contributed by atoms with Crippen molar-refractivity contribution in [1.29, 1.82) is 0 Å². The number of anilines is 1. The highest BCUT2D eigenvalue weighted by molar-refractivity contribution is 14.1. The van der Waals surface area contributed by atoms with Crippen molar-refractivity contribution < 1.29 is 14.0 Å². The number of carbonyl (C=O) groups is 1. The number of fused-ring (bicyclic) bond motifs is 1. The Morgan fingerprint density at radius 1 is 1.48 bits per heavy atom. The number of urea groups is 1. The third-order valence-electron chi connectivity index (χ3n) is 4.50. The number of aromatic nitrogens is 1. The standard InChI is InChI=1S/C18H18FIN4O2S/c1-10-6-13(20)4-5-14(10)22-17-15(19)16-12(7-21-27-16)8-24(17)18(25)23-26-9-11-2-3-11/h4-8,11,17,22H,2-3,9H2,1H3,(H,23,25). The van der Waals surface area contributed by atoms with E-state index in [0.717, 1.165) is 39.2 Å². The van der Waals surface area contributed by atoms with E-state index in [4.69, 9.17) is 4.84 Å². The molecule has 1 atom stereocenters. The molecule has 1 saturated carbocycles. The van der Waals surface area contributed by atoms with Gasteiger partial charge < -0.3 is 5.32 Å². The van der Waals surface area contributed by atoms with Crippen LogP contribution in [0.4, 0.5) is 14.9 Å². The molecule has 0 spiro atoms. The van der Waals surface area contributed by atoms with E-state index in [1.165, 1.54) is 4.90 Å². The second-order valence-corrected chi connectivity index (χ2v) is 8.71. The summed E-state index contributed by atoms with van der Waals surface area (Å²) in [6, 6.07) is 5.28. The first kappa shape index (κ1) is 18.6. The zero-order chi connectivity index (χ0) is 19.0. The molecule has 2 amide bonds. The summed E-state index contributed by atoms with van der Waals surface area (Å²) in [7, 11) is 0. The minimum atomic E-state index is -0.971. The first-order valence-electron chi connectivity index (χ1n) is 8.58. The maximum atomic E-state index is 15.2. The summed E-state index contributed by atoms with van der Waals surface area (Å²) in [5, 5.41) is 3.72. The van der Waals surface area contributed by atoms with Gasteiger partial charge in [-0.25, -0.2) is 14.7 Å². The van der Waals surface area contributed by atoms with E-state index in [2.05, 4.69) is 37.8 Å². The number of carbonyl (C=O) groups excluding carboxylic acids is 1. The van der Waals surface area contributed by atoms with Crippen LogP contribution >= 0.6 is 34.1 Å². The molecule has 2 N–H and O–H groups in total. The summed E-state index contributed by atoms with van der Waals surface area (Å²) >= 11 is 3.30. The van der Waals surface area contributed by atoms with Gasteiger partial charge in [0.25, 0.3) is 0 Å². The lowest BCUT2D eigenvalue weighted by atomic mass is 10.2. The van der Waals surface area contributed by atoms with Crippen LogP contribution in [0.15, 0.2) is 24.4 Å². The quantitative estimate of drug-likeness (QED) is 0.490. The molecule has 1 aliphatic carbocycles. The van der Waals surface area contributed by atoms with E-state index in [0.29, 0.717) is 22.3 Å². The Balaban J connectivity index is 1.61. The maximum absolute atomic E-state index is 15.2. The highest BCUT2D eigenvalue weighted by Crippen LogP contribution is 2.28. The molecule has 2 aliphatic rings. The first-order valence-corrected chi connectivity index (χ1v) is 10.4. The van der Waals surface area contributed by atoms with Crippen LogP contribution in [0.2, 0.25) is 0 Å². The largest absolute Gasteiger partial charge is 0.359 e. The van der Waals surface area contributed by atoms with Gasteiger partial charge in [0.15, 0.2) is 12.0 Å². The zero-order valence-electron chi connectivity index (χ0n) is 14.5. The van der Waals surface area contributed by atoms with E-state index >= 15 is 4.39 Å². The first-order chi connectivity index (χ1) is 13.0. The van der Waals surface area contributed by atoms with Crippen LogP contribution in [0.25, 0.3) is 12.0 Å². The Labute approximate surface area is 173 Å². The molecule has 2 aromatic rings. The molecule has 4 rings (SSSR count). The average Bonchev–Trinajstić information content (AvgIpc) is 3.33. The number of hydroxylamine groups is 1. The summed E-state index contributed by atoms with van der Waals surface area (Å²) in [5.74, 6) is 0.0697. The SMILES string of the molecule is Cc1cc(I)ccc1NC1C(F)=c2sncc2=CN1C(=O)NOCC1CC1. The highest BCUT2D eigenvalue weighted by atomic mass is 127. The molecule has 1 aromatic heterocycles. The molecule has 1 aliphatic heterocycles. The molecule has 27 heavy (non-hydrogen) atoms. The molecule has 142 valence electrons. The summed E-state index contributed by atoms with van der Waals surface area (Å²) in [4.78, 5) is 19.2. The summed E-state index contributed by atoms with van der Waals surface area (Å²) < 4.78 is 20.7. The average molecular weight is 500 g/mol. The Morgan fingerprint density at radius 3 is 3.04 bits per heavy atom. The van der Waals surface area contributed by atoms with E-state index in [9.17, 15) is 4.79 Å². The van der Waals surface area contributed by atoms with Gasteiger partial charge in [0, 0.05) is 20.7 Å². The topological polar surface area (TPSA) is 66.5 Å². The molecule has 9 heteroatoms. The third kappa shape index (κ3) is 4.09. The number of amides is 2. The molecule has 1 fully saturated rings. The number of halogens is 2. The van der Waals surface area contributed by atoms with Crippen molar-refractivity contribution in [2.45, 2.75) is 25.9 Å². The summed E-state index contributed by atoms with van der Waals surface area (Å²) in [6.07, 6.45) is 4.42. The van der Waals surface area contributed by atoms with Crippen molar-refractivity contribution in [1.82, 2.24) is 14.8 Å². The van der Waals surface area contributed by atoms with Crippen LogP contribution in [0.1, 0.15) is 18.4 Å². The minimum absolute atomic E-state index is 0.429. The summed E-state index contributed by atoms with van der Waals surface area (Å²) in [5.41, 5.74) is 4.15. The Morgan fingerprint density at radius 2 is 2.30 bits per heavy atom. The second kappa shape index (κ2) is 7.72. The van der Waals surface area contributed by atoms with Gasteiger partial charge in [0.2, 0.25) is 0 Å². The molecule has 0 bridgehead atoms. The van der Waals surface area contributed by atoms with E-state index < -0.39 is 18.0 Å². The normalized spacial score (nSPS) is 18.7. The highest BCUT2D eigenvalue weighted by Gasteiger charge is 2.31. The number of nitrogens with one attached hydrogen (secondary N) is 2. The lowest BCUT2D eigenvalue weighted by Gasteiger charge is -2.31. The van der Waals surface area contributed by atoms with Gasteiger partial charge in [-0.15, -0.1) is 0 Å². The number of hydrogen-bond donors (Lipinski definition) is 2. The molecule has 6 nitrogen and oxygen atoms in total. The molecular weight excluding hydrogens is 482 g/mol.